The minimum absolute atomic E-state index is 0.281. The highest BCUT2D eigenvalue weighted by molar-refractivity contribution is 5.83. The zero-order valence-corrected chi connectivity index (χ0v) is 16.8. The Hall–Kier alpha value is -1.57. The largest absolute Gasteiger partial charge is 0.463 e. The van der Waals surface area contributed by atoms with Crippen LogP contribution in [0.4, 0.5) is 0 Å². The quantitative estimate of drug-likeness (QED) is 0.328. The average molecular weight is 343 g/mol. The molecule has 0 aromatic rings. The maximum absolute atomic E-state index is 11.4. The van der Waals surface area contributed by atoms with Crippen LogP contribution in [-0.4, -0.2) is 12.6 Å². The van der Waals surface area contributed by atoms with Crippen molar-refractivity contribution in [2.45, 2.75) is 67.2 Å². The van der Waals surface area contributed by atoms with Crippen LogP contribution in [0.25, 0.3) is 0 Å². The Balaban J connectivity index is 2.01. The predicted octanol–water partition coefficient (Wildman–Crippen LogP) is 6.16. The highest BCUT2D eigenvalue weighted by Crippen LogP contribution is 2.78. The molecule has 25 heavy (non-hydrogen) atoms. The van der Waals surface area contributed by atoms with Crippen molar-refractivity contribution in [3.63, 3.8) is 0 Å². The number of rotatable bonds is 6. The summed E-state index contributed by atoms with van der Waals surface area (Å²) >= 11 is 0. The second kappa shape index (κ2) is 7.35. The monoisotopic (exact) mass is 342 g/mol. The minimum atomic E-state index is -0.281. The van der Waals surface area contributed by atoms with Crippen molar-refractivity contribution < 1.29 is 9.53 Å². The lowest BCUT2D eigenvalue weighted by atomic mass is 9.63. The topological polar surface area (TPSA) is 26.3 Å². The van der Waals surface area contributed by atoms with Crippen molar-refractivity contribution in [2.24, 2.45) is 16.2 Å². The highest BCUT2D eigenvalue weighted by Gasteiger charge is 2.69. The standard InChI is InChI=1S/C23H34O2/c1-7-25-20(24)16-19(3)11-8-10-18(2)12-15-23-17-22(23,6)14-9-13-21(23,4)5/h8,10-12,15-16H,7,9,13-14,17H2,1-6H3/b11-8+,15-12+,18-10+,19-16+. The molecule has 0 bridgehead atoms. The summed E-state index contributed by atoms with van der Waals surface area (Å²) in [4.78, 5) is 11.4. The lowest BCUT2D eigenvalue weighted by Crippen LogP contribution is -2.32. The van der Waals surface area contributed by atoms with Crippen molar-refractivity contribution in [1.82, 2.24) is 0 Å². The molecule has 2 aliphatic rings. The summed E-state index contributed by atoms with van der Waals surface area (Å²) < 4.78 is 4.91. The van der Waals surface area contributed by atoms with Crippen LogP contribution in [0.3, 0.4) is 0 Å². The van der Waals surface area contributed by atoms with Crippen molar-refractivity contribution in [2.75, 3.05) is 6.61 Å². The Labute approximate surface area is 153 Å². The molecular weight excluding hydrogens is 308 g/mol. The van der Waals surface area contributed by atoms with E-state index in [0.717, 1.165) is 5.57 Å². The number of carbonyl (C=O) groups is 1. The second-order valence-electron chi connectivity index (χ2n) is 8.69. The zero-order valence-electron chi connectivity index (χ0n) is 16.8. The smallest absolute Gasteiger partial charge is 0.330 e. The molecule has 2 unspecified atom stereocenters. The van der Waals surface area contributed by atoms with Gasteiger partial charge in [0.25, 0.3) is 0 Å². The first-order valence-corrected chi connectivity index (χ1v) is 9.55. The van der Waals surface area contributed by atoms with Gasteiger partial charge in [-0.15, -0.1) is 0 Å². The minimum Gasteiger partial charge on any atom is -0.463 e. The summed E-state index contributed by atoms with van der Waals surface area (Å²) in [6.07, 6.45) is 17.7. The number of hydrogen-bond acceptors (Lipinski definition) is 2. The molecule has 0 radical (unpaired) electrons. The van der Waals surface area contributed by atoms with Crippen molar-refractivity contribution >= 4 is 5.97 Å². The number of ether oxygens (including phenoxy) is 1. The third-order valence-corrected chi connectivity index (χ3v) is 6.34. The first-order chi connectivity index (χ1) is 11.7. The van der Waals surface area contributed by atoms with E-state index < -0.39 is 0 Å². The molecule has 2 saturated carbocycles. The molecule has 138 valence electrons. The summed E-state index contributed by atoms with van der Waals surface area (Å²) in [5.41, 5.74) is 3.40. The molecule has 2 fully saturated rings. The van der Waals surface area contributed by atoms with Gasteiger partial charge in [-0.1, -0.05) is 63.1 Å². The van der Waals surface area contributed by atoms with Gasteiger partial charge in [0.2, 0.25) is 0 Å². The van der Waals surface area contributed by atoms with Crippen LogP contribution in [0.15, 0.2) is 47.6 Å². The molecule has 0 aliphatic heterocycles. The number of allylic oxidation sites excluding steroid dienone is 7. The number of fused-ring (bicyclic) bond motifs is 1. The molecule has 0 N–H and O–H groups in total. The SMILES string of the molecule is CCOC(=O)/C=C(C)/C=C/C=C(C)/C=C/C12CC1(C)CCCC2(C)C. The third kappa shape index (κ3) is 4.16. The maximum Gasteiger partial charge on any atom is 0.330 e. The summed E-state index contributed by atoms with van der Waals surface area (Å²) in [7, 11) is 0. The van der Waals surface area contributed by atoms with E-state index in [0.29, 0.717) is 22.9 Å². The van der Waals surface area contributed by atoms with Crippen LogP contribution in [-0.2, 0) is 9.53 Å². The Kier molecular flexibility index (Phi) is 5.81. The van der Waals surface area contributed by atoms with Crippen molar-refractivity contribution in [3.8, 4) is 0 Å². The normalized spacial score (nSPS) is 32.1. The van der Waals surface area contributed by atoms with Gasteiger partial charge in [-0.3, -0.25) is 0 Å². The molecule has 2 heteroatoms. The molecule has 2 aliphatic carbocycles. The van der Waals surface area contributed by atoms with Gasteiger partial charge in [0, 0.05) is 6.08 Å². The van der Waals surface area contributed by atoms with E-state index >= 15 is 0 Å². The molecule has 0 amide bonds. The van der Waals surface area contributed by atoms with Gasteiger partial charge in [0.15, 0.2) is 0 Å². The predicted molar refractivity (Wildman–Crippen MR) is 105 cm³/mol. The summed E-state index contributed by atoms with van der Waals surface area (Å²) in [5, 5.41) is 0. The first-order valence-electron chi connectivity index (χ1n) is 9.55. The molecular formula is C23H34O2. The van der Waals surface area contributed by atoms with E-state index in [2.05, 4.69) is 45.9 Å². The van der Waals surface area contributed by atoms with Gasteiger partial charge >= 0.3 is 5.97 Å². The van der Waals surface area contributed by atoms with E-state index in [1.54, 1.807) is 0 Å². The molecule has 0 spiro atoms. The first kappa shape index (κ1) is 19.8. The van der Waals surface area contributed by atoms with Gasteiger partial charge in [0.05, 0.1) is 6.61 Å². The number of hydrogen-bond donors (Lipinski definition) is 0. The summed E-state index contributed by atoms with van der Waals surface area (Å²) in [6, 6.07) is 0. The van der Waals surface area contributed by atoms with Crippen molar-refractivity contribution in [3.05, 3.63) is 47.6 Å². The van der Waals surface area contributed by atoms with E-state index in [-0.39, 0.29) is 5.97 Å². The molecule has 2 rings (SSSR count). The fraction of sp³-hybridized carbons (Fsp3) is 0.609. The number of carbonyl (C=O) groups excluding carboxylic acids is 1. The van der Waals surface area contributed by atoms with Crippen LogP contribution >= 0.6 is 0 Å². The van der Waals surface area contributed by atoms with Crippen LogP contribution in [0.1, 0.15) is 67.2 Å². The maximum atomic E-state index is 11.4. The van der Waals surface area contributed by atoms with Gasteiger partial charge < -0.3 is 4.74 Å². The van der Waals surface area contributed by atoms with Gasteiger partial charge in [-0.25, -0.2) is 4.79 Å². The Morgan fingerprint density at radius 3 is 2.44 bits per heavy atom. The van der Waals surface area contributed by atoms with E-state index in [1.807, 2.05) is 26.0 Å². The fourth-order valence-electron chi connectivity index (χ4n) is 4.67. The van der Waals surface area contributed by atoms with Crippen LogP contribution in [0.2, 0.25) is 0 Å². The third-order valence-electron chi connectivity index (χ3n) is 6.34. The van der Waals surface area contributed by atoms with E-state index in [1.165, 1.54) is 37.3 Å². The zero-order chi connectivity index (χ0) is 18.7. The Morgan fingerprint density at radius 1 is 1.08 bits per heavy atom. The van der Waals surface area contributed by atoms with Gasteiger partial charge in [0.1, 0.15) is 0 Å². The van der Waals surface area contributed by atoms with Crippen molar-refractivity contribution in [1.29, 1.82) is 0 Å². The molecule has 0 heterocycles. The molecule has 2 nitrogen and oxygen atoms in total. The Morgan fingerprint density at radius 2 is 1.80 bits per heavy atom. The summed E-state index contributed by atoms with van der Waals surface area (Å²) in [5.74, 6) is -0.281. The molecule has 2 atom stereocenters. The molecule has 0 saturated heterocycles. The van der Waals surface area contributed by atoms with E-state index in [9.17, 15) is 4.79 Å². The van der Waals surface area contributed by atoms with Crippen LogP contribution in [0, 0.1) is 16.2 Å². The fourth-order valence-corrected chi connectivity index (χ4v) is 4.67. The second-order valence-corrected chi connectivity index (χ2v) is 8.69. The Bertz CT molecular complexity index is 632. The number of esters is 1. The van der Waals surface area contributed by atoms with Gasteiger partial charge in [-0.05, 0) is 61.9 Å². The lowest BCUT2D eigenvalue weighted by molar-refractivity contribution is -0.137. The highest BCUT2D eigenvalue weighted by atomic mass is 16.5. The van der Waals surface area contributed by atoms with Crippen LogP contribution in [0.5, 0.6) is 0 Å². The van der Waals surface area contributed by atoms with Gasteiger partial charge in [-0.2, -0.15) is 0 Å². The van der Waals surface area contributed by atoms with Crippen LogP contribution < -0.4 is 0 Å². The summed E-state index contributed by atoms with van der Waals surface area (Å²) in [6.45, 7) is 13.6. The average Bonchev–Trinajstić information content (AvgIpc) is 3.13. The molecule has 0 aromatic carbocycles. The molecule has 0 aromatic heterocycles. The lowest BCUT2D eigenvalue weighted by Gasteiger charge is -2.41. The van der Waals surface area contributed by atoms with E-state index in [4.69, 9.17) is 4.74 Å².